The van der Waals surface area contributed by atoms with E-state index in [4.69, 9.17) is 5.73 Å². The summed E-state index contributed by atoms with van der Waals surface area (Å²) >= 11 is 0. The van der Waals surface area contributed by atoms with Crippen molar-refractivity contribution >= 4 is 18.0 Å². The third-order valence-corrected chi connectivity index (χ3v) is 2.45. The van der Waals surface area contributed by atoms with Crippen LogP contribution >= 0.6 is 0 Å². The number of nitrogens with zero attached hydrogens (tertiary/aromatic N) is 1. The zero-order chi connectivity index (χ0) is 10.1. The van der Waals surface area contributed by atoms with Crippen molar-refractivity contribution in [3.8, 4) is 0 Å². The predicted molar refractivity (Wildman–Crippen MR) is 60.6 cm³/mol. The molecule has 1 aromatic rings. The van der Waals surface area contributed by atoms with Gasteiger partial charge in [0.1, 0.15) is 5.82 Å². The van der Waals surface area contributed by atoms with E-state index >= 15 is 0 Å². The highest BCUT2D eigenvalue weighted by Crippen LogP contribution is 2.21. The van der Waals surface area contributed by atoms with Crippen LogP contribution in [0.4, 0.5) is 5.82 Å². The molecule has 1 aliphatic carbocycles. The van der Waals surface area contributed by atoms with Crippen molar-refractivity contribution in [3.05, 3.63) is 35.0 Å². The van der Waals surface area contributed by atoms with Crippen molar-refractivity contribution in [3.63, 3.8) is 0 Å². The number of fused-ring (bicyclic) bond motifs is 1. The fraction of sp³-hybridized carbons (Fsp3) is 0.250. The maximum atomic E-state index is 5.76. The number of allylic oxidation sites excluding steroid dienone is 2. The van der Waals surface area contributed by atoms with Gasteiger partial charge in [0.2, 0.25) is 0 Å². The van der Waals surface area contributed by atoms with Crippen molar-refractivity contribution < 1.29 is 0 Å². The first-order chi connectivity index (χ1) is 6.66. The second kappa shape index (κ2) is 3.29. The van der Waals surface area contributed by atoms with Crippen LogP contribution in [-0.4, -0.2) is 4.98 Å². The lowest BCUT2D eigenvalue weighted by atomic mass is 10.1. The van der Waals surface area contributed by atoms with Crippen molar-refractivity contribution in [2.45, 2.75) is 13.8 Å². The van der Waals surface area contributed by atoms with E-state index in [0.29, 0.717) is 11.7 Å². The largest absolute Gasteiger partial charge is 0.383 e. The van der Waals surface area contributed by atoms with Crippen LogP contribution in [0.1, 0.15) is 23.7 Å². The highest BCUT2D eigenvalue weighted by Gasteiger charge is 2.05. The van der Waals surface area contributed by atoms with Gasteiger partial charge in [0.05, 0.1) is 5.69 Å². The summed E-state index contributed by atoms with van der Waals surface area (Å²) in [6.07, 6.45) is 8.44. The fourth-order valence-corrected chi connectivity index (χ4v) is 1.49. The van der Waals surface area contributed by atoms with Gasteiger partial charge in [0.15, 0.2) is 0 Å². The van der Waals surface area contributed by atoms with E-state index in [1.54, 1.807) is 0 Å². The highest BCUT2D eigenvalue weighted by molar-refractivity contribution is 5.67. The van der Waals surface area contributed by atoms with Crippen LogP contribution in [0.15, 0.2) is 18.2 Å². The summed E-state index contributed by atoms with van der Waals surface area (Å²) in [6.45, 7) is 4.13. The average molecular weight is 186 g/mol. The highest BCUT2D eigenvalue weighted by atomic mass is 14.8. The van der Waals surface area contributed by atoms with Gasteiger partial charge in [-0.3, -0.25) is 0 Å². The minimum Gasteiger partial charge on any atom is -0.383 e. The van der Waals surface area contributed by atoms with Gasteiger partial charge < -0.3 is 5.73 Å². The topological polar surface area (TPSA) is 38.9 Å². The molecule has 0 bridgehead atoms. The quantitative estimate of drug-likeness (QED) is 0.676. The van der Waals surface area contributed by atoms with Gasteiger partial charge in [-0.15, -0.1) is 0 Å². The van der Waals surface area contributed by atoms with Crippen LogP contribution in [0.5, 0.6) is 0 Å². The Morgan fingerprint density at radius 3 is 2.79 bits per heavy atom. The van der Waals surface area contributed by atoms with Gasteiger partial charge in [-0.05, 0) is 30.5 Å². The molecule has 0 amide bonds. The molecule has 0 radical (unpaired) electrons. The maximum Gasteiger partial charge on any atom is 0.127 e. The Balaban J connectivity index is 2.58. The molecule has 0 aliphatic heterocycles. The van der Waals surface area contributed by atoms with Gasteiger partial charge in [0, 0.05) is 5.56 Å². The molecule has 1 aliphatic rings. The summed E-state index contributed by atoms with van der Waals surface area (Å²) in [5.41, 5.74) is 8.92. The molecular weight excluding hydrogens is 172 g/mol. The molecule has 1 unspecified atom stereocenters. The monoisotopic (exact) mass is 186 g/mol. The van der Waals surface area contributed by atoms with E-state index in [9.17, 15) is 0 Å². The Morgan fingerprint density at radius 2 is 2.00 bits per heavy atom. The number of hydrogen-bond acceptors (Lipinski definition) is 2. The summed E-state index contributed by atoms with van der Waals surface area (Å²) < 4.78 is 0. The molecule has 0 spiro atoms. The van der Waals surface area contributed by atoms with Crippen LogP contribution in [0, 0.1) is 12.8 Å². The van der Waals surface area contributed by atoms with Crippen LogP contribution in [-0.2, 0) is 0 Å². The van der Waals surface area contributed by atoms with Crippen molar-refractivity contribution in [2.75, 3.05) is 5.73 Å². The second-order valence-corrected chi connectivity index (χ2v) is 3.74. The lowest BCUT2D eigenvalue weighted by Gasteiger charge is -2.04. The Labute approximate surface area is 84.2 Å². The molecule has 2 heteroatoms. The van der Waals surface area contributed by atoms with Crippen LogP contribution in [0.25, 0.3) is 12.2 Å². The zero-order valence-corrected chi connectivity index (χ0v) is 8.49. The number of nitrogen functional groups attached to an aromatic ring is 1. The van der Waals surface area contributed by atoms with E-state index in [1.807, 2.05) is 13.0 Å². The molecule has 72 valence electrons. The molecule has 1 heterocycles. The van der Waals surface area contributed by atoms with Gasteiger partial charge in [-0.2, -0.15) is 0 Å². The molecule has 0 saturated carbocycles. The third kappa shape index (κ3) is 1.55. The first-order valence-electron chi connectivity index (χ1n) is 4.80. The Morgan fingerprint density at radius 1 is 1.29 bits per heavy atom. The number of aryl methyl sites for hydroxylation is 1. The van der Waals surface area contributed by atoms with E-state index in [2.05, 4.69) is 36.2 Å². The predicted octanol–water partition coefficient (Wildman–Crippen LogP) is 2.65. The van der Waals surface area contributed by atoms with Crippen molar-refractivity contribution in [1.29, 1.82) is 0 Å². The normalized spacial score (nSPS) is 19.1. The van der Waals surface area contributed by atoms with Crippen LogP contribution in [0.2, 0.25) is 0 Å². The standard InChI is InChI=1S/C12H14N2/c1-8-3-5-10-7-9(2)12(13)14-11(10)6-4-8/h3-8H,1-2H3,(H2,13,14). The number of aromatic nitrogens is 1. The molecular formula is C12H14N2. The lowest BCUT2D eigenvalue weighted by Crippen LogP contribution is -1.97. The molecule has 14 heavy (non-hydrogen) atoms. The number of pyridine rings is 1. The Hall–Kier alpha value is -1.57. The minimum absolute atomic E-state index is 0.464. The summed E-state index contributed by atoms with van der Waals surface area (Å²) in [6, 6.07) is 2.08. The third-order valence-electron chi connectivity index (χ3n) is 2.45. The summed E-state index contributed by atoms with van der Waals surface area (Å²) in [7, 11) is 0. The van der Waals surface area contributed by atoms with Crippen LogP contribution in [0.3, 0.4) is 0 Å². The average Bonchev–Trinajstić information content (AvgIpc) is 2.31. The summed E-state index contributed by atoms with van der Waals surface area (Å²) in [4.78, 5) is 4.35. The van der Waals surface area contributed by atoms with Crippen molar-refractivity contribution in [1.82, 2.24) is 4.98 Å². The van der Waals surface area contributed by atoms with Gasteiger partial charge >= 0.3 is 0 Å². The minimum atomic E-state index is 0.464. The molecule has 0 fully saturated rings. The van der Waals surface area contributed by atoms with Gasteiger partial charge in [-0.1, -0.05) is 25.2 Å². The summed E-state index contributed by atoms with van der Waals surface area (Å²) in [5, 5.41) is 0. The molecule has 2 rings (SSSR count). The second-order valence-electron chi connectivity index (χ2n) is 3.74. The zero-order valence-electron chi connectivity index (χ0n) is 8.49. The molecule has 2 nitrogen and oxygen atoms in total. The first kappa shape index (κ1) is 9.00. The molecule has 1 atom stereocenters. The number of rotatable bonds is 0. The lowest BCUT2D eigenvalue weighted by molar-refractivity contribution is 0.953. The smallest absolute Gasteiger partial charge is 0.127 e. The molecule has 0 aromatic carbocycles. The SMILES string of the molecule is Cc1cc2c(nc1N)C=CC(C)C=C2. The number of anilines is 1. The molecule has 2 N–H and O–H groups in total. The Kier molecular flexibility index (Phi) is 2.12. The van der Waals surface area contributed by atoms with E-state index in [-0.39, 0.29) is 0 Å². The van der Waals surface area contributed by atoms with Gasteiger partial charge in [0.25, 0.3) is 0 Å². The number of nitrogens with two attached hydrogens (primary N) is 1. The molecule has 1 aromatic heterocycles. The van der Waals surface area contributed by atoms with Crippen molar-refractivity contribution in [2.24, 2.45) is 5.92 Å². The first-order valence-corrected chi connectivity index (χ1v) is 4.80. The van der Waals surface area contributed by atoms with Gasteiger partial charge in [-0.25, -0.2) is 4.98 Å². The van der Waals surface area contributed by atoms with E-state index in [0.717, 1.165) is 16.8 Å². The van der Waals surface area contributed by atoms with E-state index < -0.39 is 0 Å². The summed E-state index contributed by atoms with van der Waals surface area (Å²) in [5.74, 6) is 1.09. The maximum absolute atomic E-state index is 5.76. The fourth-order valence-electron chi connectivity index (χ4n) is 1.49. The number of hydrogen-bond donors (Lipinski definition) is 1. The van der Waals surface area contributed by atoms with E-state index in [1.165, 1.54) is 0 Å². The molecule has 0 saturated heterocycles. The Bertz CT molecular complexity index is 378. The van der Waals surface area contributed by atoms with Crippen LogP contribution < -0.4 is 5.73 Å².